The summed E-state index contributed by atoms with van der Waals surface area (Å²) >= 11 is 0. The Hall–Kier alpha value is -2.24. The van der Waals surface area contributed by atoms with Crippen molar-refractivity contribution in [3.05, 3.63) is 38.9 Å². The van der Waals surface area contributed by atoms with Crippen LogP contribution in [-0.4, -0.2) is 24.3 Å². The summed E-state index contributed by atoms with van der Waals surface area (Å²) in [6, 6.07) is 2.62. The van der Waals surface area contributed by atoms with Crippen molar-refractivity contribution in [1.82, 2.24) is 0 Å². The molecule has 1 rings (SSSR count). The van der Waals surface area contributed by atoms with Gasteiger partial charge in [0.15, 0.2) is 6.29 Å². The van der Waals surface area contributed by atoms with Gasteiger partial charge in [-0.2, -0.15) is 0 Å². The first kappa shape index (κ1) is 12.8. The molecule has 0 heterocycles. The smallest absolute Gasteiger partial charge is 0.309 e. The van der Waals surface area contributed by atoms with E-state index < -0.39 is 10.9 Å². The van der Waals surface area contributed by atoms with E-state index in [1.54, 1.807) is 6.92 Å². The molecular formula is C11H11NO5. The maximum Gasteiger partial charge on any atom is 0.309 e. The standard InChI is InChI=1S/C11H11NO5/c1-7-3-10(12(15)16)9(6-13)4-8(7)5-11(14)17-2/h3-4,6H,5H2,1-2H3. The minimum Gasteiger partial charge on any atom is -0.469 e. The fraction of sp³-hybridized carbons (Fsp3) is 0.273. The van der Waals surface area contributed by atoms with E-state index in [-0.39, 0.29) is 17.7 Å². The highest BCUT2D eigenvalue weighted by Gasteiger charge is 2.17. The molecule has 17 heavy (non-hydrogen) atoms. The second-order valence-corrected chi connectivity index (χ2v) is 3.47. The van der Waals surface area contributed by atoms with Crippen LogP contribution in [0.1, 0.15) is 21.5 Å². The molecule has 0 fully saturated rings. The first-order valence-corrected chi connectivity index (χ1v) is 4.79. The normalized spacial score (nSPS) is 9.76. The molecule has 0 aliphatic rings. The number of rotatable bonds is 4. The number of hydrogen-bond donors (Lipinski definition) is 0. The van der Waals surface area contributed by atoms with E-state index in [1.807, 2.05) is 0 Å². The highest BCUT2D eigenvalue weighted by atomic mass is 16.6. The molecule has 0 aromatic heterocycles. The Bertz CT molecular complexity index is 481. The van der Waals surface area contributed by atoms with Crippen molar-refractivity contribution in [3.8, 4) is 0 Å². The highest BCUT2D eigenvalue weighted by Crippen LogP contribution is 2.22. The van der Waals surface area contributed by atoms with Gasteiger partial charge in [-0.05, 0) is 24.1 Å². The van der Waals surface area contributed by atoms with E-state index in [9.17, 15) is 19.7 Å². The van der Waals surface area contributed by atoms with Crippen LogP contribution >= 0.6 is 0 Å². The van der Waals surface area contributed by atoms with E-state index in [2.05, 4.69) is 4.74 Å². The van der Waals surface area contributed by atoms with Crippen molar-refractivity contribution in [2.24, 2.45) is 0 Å². The number of ether oxygens (including phenoxy) is 1. The van der Waals surface area contributed by atoms with Crippen LogP contribution in [0.2, 0.25) is 0 Å². The Labute approximate surface area is 97.3 Å². The van der Waals surface area contributed by atoms with Crippen molar-refractivity contribution < 1.29 is 19.2 Å². The molecule has 6 heteroatoms. The molecular weight excluding hydrogens is 226 g/mol. The lowest BCUT2D eigenvalue weighted by atomic mass is 10.0. The van der Waals surface area contributed by atoms with Gasteiger partial charge in [-0.3, -0.25) is 19.7 Å². The summed E-state index contributed by atoms with van der Waals surface area (Å²) in [5.74, 6) is -0.459. The Morgan fingerprint density at radius 1 is 1.53 bits per heavy atom. The zero-order valence-corrected chi connectivity index (χ0v) is 9.43. The average Bonchev–Trinajstić information content (AvgIpc) is 2.30. The van der Waals surface area contributed by atoms with Crippen LogP contribution in [0.15, 0.2) is 12.1 Å². The van der Waals surface area contributed by atoms with E-state index in [0.717, 1.165) is 0 Å². The molecule has 0 saturated heterocycles. The zero-order chi connectivity index (χ0) is 13.0. The maximum absolute atomic E-state index is 11.1. The maximum atomic E-state index is 11.1. The van der Waals surface area contributed by atoms with Crippen LogP contribution in [-0.2, 0) is 16.0 Å². The van der Waals surface area contributed by atoms with Gasteiger partial charge in [0.25, 0.3) is 5.69 Å². The molecule has 1 aromatic carbocycles. The lowest BCUT2D eigenvalue weighted by Crippen LogP contribution is -2.07. The van der Waals surface area contributed by atoms with Gasteiger partial charge in [-0.1, -0.05) is 0 Å². The SMILES string of the molecule is COC(=O)Cc1cc(C=O)c([N+](=O)[O-])cc1C. The van der Waals surface area contributed by atoms with Crippen LogP contribution in [0.5, 0.6) is 0 Å². The second kappa shape index (κ2) is 5.20. The molecule has 0 unspecified atom stereocenters. The third-order valence-corrected chi connectivity index (χ3v) is 2.37. The van der Waals surface area contributed by atoms with Crippen LogP contribution in [0.4, 0.5) is 5.69 Å². The number of benzene rings is 1. The lowest BCUT2D eigenvalue weighted by molar-refractivity contribution is -0.385. The van der Waals surface area contributed by atoms with Crippen molar-refractivity contribution in [3.63, 3.8) is 0 Å². The number of hydrogen-bond acceptors (Lipinski definition) is 5. The number of nitrogens with zero attached hydrogens (tertiary/aromatic N) is 1. The molecule has 0 N–H and O–H groups in total. The minimum atomic E-state index is -0.626. The molecule has 0 spiro atoms. The molecule has 0 saturated carbocycles. The summed E-state index contributed by atoms with van der Waals surface area (Å²) in [5, 5.41) is 10.7. The summed E-state index contributed by atoms with van der Waals surface area (Å²) in [5.41, 5.74) is 0.822. The fourth-order valence-electron chi connectivity index (χ4n) is 1.43. The third-order valence-electron chi connectivity index (χ3n) is 2.37. The molecule has 0 aliphatic heterocycles. The number of methoxy groups -OCH3 is 1. The number of esters is 1. The van der Waals surface area contributed by atoms with Crippen molar-refractivity contribution in [1.29, 1.82) is 0 Å². The van der Waals surface area contributed by atoms with Crippen molar-refractivity contribution in [2.45, 2.75) is 13.3 Å². The molecule has 1 aromatic rings. The van der Waals surface area contributed by atoms with Crippen LogP contribution in [0, 0.1) is 17.0 Å². The van der Waals surface area contributed by atoms with Gasteiger partial charge < -0.3 is 4.74 Å². The molecule has 6 nitrogen and oxygen atoms in total. The minimum absolute atomic E-state index is 0.0127. The van der Waals surface area contributed by atoms with E-state index in [1.165, 1.54) is 19.2 Å². The second-order valence-electron chi connectivity index (χ2n) is 3.47. The van der Waals surface area contributed by atoms with Gasteiger partial charge in [-0.25, -0.2) is 0 Å². The molecule has 0 radical (unpaired) electrons. The number of aldehydes is 1. The summed E-state index contributed by atoms with van der Waals surface area (Å²) < 4.78 is 4.50. The fourth-order valence-corrected chi connectivity index (χ4v) is 1.43. The summed E-state index contributed by atoms with van der Waals surface area (Å²) in [6.45, 7) is 1.64. The first-order valence-electron chi connectivity index (χ1n) is 4.79. The Kier molecular flexibility index (Phi) is 3.92. The van der Waals surface area contributed by atoms with Gasteiger partial charge >= 0.3 is 5.97 Å². The Balaban J connectivity index is 3.22. The number of nitro groups is 1. The topological polar surface area (TPSA) is 86.5 Å². The number of nitro benzene ring substituents is 1. The van der Waals surface area contributed by atoms with E-state index in [0.29, 0.717) is 17.4 Å². The number of carbonyl (C=O) groups is 2. The van der Waals surface area contributed by atoms with Crippen molar-refractivity contribution in [2.75, 3.05) is 7.11 Å². The van der Waals surface area contributed by atoms with Crippen LogP contribution < -0.4 is 0 Å². The highest BCUT2D eigenvalue weighted by molar-refractivity contribution is 5.83. The Morgan fingerprint density at radius 2 is 2.18 bits per heavy atom. The number of aryl methyl sites for hydroxylation is 1. The third kappa shape index (κ3) is 2.87. The molecule has 0 amide bonds. The average molecular weight is 237 g/mol. The monoisotopic (exact) mass is 237 g/mol. The number of carbonyl (C=O) groups excluding carboxylic acids is 2. The van der Waals surface area contributed by atoms with Gasteiger partial charge in [-0.15, -0.1) is 0 Å². The van der Waals surface area contributed by atoms with Crippen molar-refractivity contribution >= 4 is 17.9 Å². The zero-order valence-electron chi connectivity index (χ0n) is 9.43. The van der Waals surface area contributed by atoms with E-state index >= 15 is 0 Å². The molecule has 0 aliphatic carbocycles. The van der Waals surface area contributed by atoms with Gasteiger partial charge in [0.1, 0.15) is 0 Å². The van der Waals surface area contributed by atoms with E-state index in [4.69, 9.17) is 0 Å². The summed E-state index contributed by atoms with van der Waals surface area (Å²) in [4.78, 5) is 31.9. The van der Waals surface area contributed by atoms with Crippen LogP contribution in [0.3, 0.4) is 0 Å². The largest absolute Gasteiger partial charge is 0.469 e. The van der Waals surface area contributed by atoms with Gasteiger partial charge in [0.05, 0.1) is 24.0 Å². The van der Waals surface area contributed by atoms with Gasteiger partial charge in [0, 0.05) is 6.07 Å². The quantitative estimate of drug-likeness (QED) is 0.342. The molecule has 0 atom stereocenters. The summed E-state index contributed by atoms with van der Waals surface area (Å²) in [7, 11) is 1.25. The lowest BCUT2D eigenvalue weighted by Gasteiger charge is -2.06. The molecule has 0 bridgehead atoms. The summed E-state index contributed by atoms with van der Waals surface area (Å²) in [6.07, 6.45) is 0.388. The molecule has 90 valence electrons. The first-order chi connectivity index (χ1) is 7.99. The predicted molar refractivity (Wildman–Crippen MR) is 58.9 cm³/mol. The van der Waals surface area contributed by atoms with Crippen LogP contribution in [0.25, 0.3) is 0 Å². The van der Waals surface area contributed by atoms with Gasteiger partial charge in [0.2, 0.25) is 0 Å². The predicted octanol–water partition coefficient (Wildman–Crippen LogP) is 1.43. The Morgan fingerprint density at radius 3 is 2.65 bits per heavy atom.